The van der Waals surface area contributed by atoms with Gasteiger partial charge in [-0.1, -0.05) is 17.7 Å². The van der Waals surface area contributed by atoms with Gasteiger partial charge in [-0.25, -0.2) is 4.98 Å². The van der Waals surface area contributed by atoms with E-state index in [1.807, 2.05) is 6.92 Å². The first-order valence-corrected chi connectivity index (χ1v) is 3.77. The third kappa shape index (κ3) is 1.78. The van der Waals surface area contributed by atoms with E-state index in [2.05, 4.69) is 21.1 Å². The van der Waals surface area contributed by atoms with E-state index in [1.54, 1.807) is 0 Å². The first kappa shape index (κ1) is 7.16. The van der Waals surface area contributed by atoms with Gasteiger partial charge < -0.3 is 0 Å². The van der Waals surface area contributed by atoms with Crippen molar-refractivity contribution in [1.29, 1.82) is 0 Å². The second-order valence-electron chi connectivity index (χ2n) is 1.70. The quantitative estimate of drug-likeness (QED) is 0.505. The molecule has 0 aliphatic carbocycles. The zero-order chi connectivity index (χ0) is 7.40. The Kier molecular flexibility index (Phi) is 2.35. The number of aromatic nitrogens is 3. The summed E-state index contributed by atoms with van der Waals surface area (Å²) < 4.78 is 0. The third-order valence-electron chi connectivity index (χ3n) is 0.861. The molecule has 0 aliphatic heterocycles. The summed E-state index contributed by atoms with van der Waals surface area (Å²) in [7, 11) is 0. The van der Waals surface area contributed by atoms with Crippen molar-refractivity contribution in [3.8, 4) is 12.3 Å². The fourth-order valence-electron chi connectivity index (χ4n) is 0.493. The molecule has 0 saturated carbocycles. The van der Waals surface area contributed by atoms with Crippen molar-refractivity contribution in [2.24, 2.45) is 0 Å². The highest BCUT2D eigenvalue weighted by Crippen LogP contribution is 2.09. The summed E-state index contributed by atoms with van der Waals surface area (Å²) >= 11 is 1.45. The van der Waals surface area contributed by atoms with Crippen molar-refractivity contribution in [1.82, 2.24) is 15.2 Å². The van der Waals surface area contributed by atoms with Gasteiger partial charge in [0.1, 0.15) is 5.82 Å². The lowest BCUT2D eigenvalue weighted by Crippen LogP contribution is -1.75. The molecule has 0 unspecified atom stereocenters. The van der Waals surface area contributed by atoms with Crippen molar-refractivity contribution in [3.05, 3.63) is 5.82 Å². The summed E-state index contributed by atoms with van der Waals surface area (Å²) in [6, 6.07) is 0. The van der Waals surface area contributed by atoms with Gasteiger partial charge in [0.2, 0.25) is 5.16 Å². The highest BCUT2D eigenvalue weighted by molar-refractivity contribution is 7.99. The number of nitrogens with zero attached hydrogens (tertiary/aromatic N) is 2. The average Bonchev–Trinajstić information content (AvgIpc) is 2.31. The van der Waals surface area contributed by atoms with Crippen LogP contribution in [0.2, 0.25) is 0 Å². The Balaban J connectivity index is 2.52. The van der Waals surface area contributed by atoms with Gasteiger partial charge in [-0.05, 0) is 6.92 Å². The Bertz CT molecular complexity index is 248. The fraction of sp³-hybridized carbons (Fsp3) is 0.333. The molecule has 1 N–H and O–H groups in total. The smallest absolute Gasteiger partial charge is 0.209 e. The van der Waals surface area contributed by atoms with Crippen molar-refractivity contribution >= 4 is 11.8 Å². The zero-order valence-electron chi connectivity index (χ0n) is 5.59. The summed E-state index contributed by atoms with van der Waals surface area (Å²) in [5, 5.41) is 7.33. The monoisotopic (exact) mass is 153 g/mol. The van der Waals surface area contributed by atoms with Gasteiger partial charge >= 0.3 is 0 Å². The van der Waals surface area contributed by atoms with Crippen molar-refractivity contribution in [2.45, 2.75) is 12.1 Å². The lowest BCUT2D eigenvalue weighted by atomic mass is 10.8. The molecule has 1 heterocycles. The number of aryl methyl sites for hydroxylation is 1. The molecule has 0 bridgehead atoms. The fourth-order valence-corrected chi connectivity index (χ4v) is 1.02. The Hall–Kier alpha value is -0.950. The lowest BCUT2D eigenvalue weighted by molar-refractivity contribution is 0.971. The molecule has 0 amide bonds. The molecule has 0 spiro atoms. The molecule has 1 aromatic heterocycles. The van der Waals surface area contributed by atoms with E-state index in [0.717, 1.165) is 11.0 Å². The summed E-state index contributed by atoms with van der Waals surface area (Å²) in [5.74, 6) is 3.94. The molecule has 0 saturated heterocycles. The maximum Gasteiger partial charge on any atom is 0.209 e. The number of hydrogen-bond donors (Lipinski definition) is 1. The van der Waals surface area contributed by atoms with Gasteiger partial charge in [0, 0.05) is 0 Å². The summed E-state index contributed by atoms with van der Waals surface area (Å²) in [6.45, 7) is 1.85. The zero-order valence-corrected chi connectivity index (χ0v) is 6.40. The molecule has 0 radical (unpaired) electrons. The van der Waals surface area contributed by atoms with Crippen LogP contribution in [-0.2, 0) is 0 Å². The summed E-state index contributed by atoms with van der Waals surface area (Å²) in [5.41, 5.74) is 0. The SMILES string of the molecule is C#CCSc1n[nH]c(C)n1. The van der Waals surface area contributed by atoms with Crippen LogP contribution in [0.3, 0.4) is 0 Å². The molecule has 1 rings (SSSR count). The largest absolute Gasteiger partial charge is 0.262 e. The standard InChI is InChI=1S/C6H7N3S/c1-3-4-10-6-7-5(2)8-9-6/h1H,4H2,2H3,(H,7,8,9). The molecule has 52 valence electrons. The predicted octanol–water partition coefficient (Wildman–Crippen LogP) is 0.838. The molecular formula is C6H7N3S. The number of thioether (sulfide) groups is 1. The number of terminal acetylenes is 1. The van der Waals surface area contributed by atoms with Crippen LogP contribution in [0, 0.1) is 19.3 Å². The van der Waals surface area contributed by atoms with Crippen molar-refractivity contribution in [3.63, 3.8) is 0 Å². The lowest BCUT2D eigenvalue weighted by Gasteiger charge is -1.83. The van der Waals surface area contributed by atoms with Gasteiger partial charge in [0.25, 0.3) is 0 Å². The Morgan fingerprint density at radius 1 is 1.80 bits per heavy atom. The first-order chi connectivity index (χ1) is 4.83. The van der Waals surface area contributed by atoms with Crippen LogP contribution >= 0.6 is 11.8 Å². The Morgan fingerprint density at radius 3 is 3.10 bits per heavy atom. The summed E-state index contributed by atoms with van der Waals surface area (Å²) in [6.07, 6.45) is 5.05. The van der Waals surface area contributed by atoms with E-state index in [-0.39, 0.29) is 0 Å². The van der Waals surface area contributed by atoms with Gasteiger partial charge in [0.05, 0.1) is 5.75 Å². The minimum absolute atomic E-state index is 0.622. The molecule has 1 aromatic rings. The molecule has 0 aliphatic rings. The van der Waals surface area contributed by atoms with E-state index in [9.17, 15) is 0 Å². The maximum atomic E-state index is 5.05. The molecular weight excluding hydrogens is 146 g/mol. The number of hydrogen-bond acceptors (Lipinski definition) is 3. The van der Waals surface area contributed by atoms with Gasteiger partial charge in [-0.15, -0.1) is 11.5 Å². The Morgan fingerprint density at radius 2 is 2.60 bits per heavy atom. The molecule has 0 aromatic carbocycles. The topological polar surface area (TPSA) is 41.6 Å². The number of aromatic amines is 1. The minimum Gasteiger partial charge on any atom is -0.262 e. The van der Waals surface area contributed by atoms with E-state index in [0.29, 0.717) is 5.75 Å². The van der Waals surface area contributed by atoms with E-state index in [1.165, 1.54) is 11.8 Å². The van der Waals surface area contributed by atoms with E-state index in [4.69, 9.17) is 6.42 Å². The molecule has 0 atom stereocenters. The molecule has 3 nitrogen and oxygen atoms in total. The van der Waals surface area contributed by atoms with Crippen LogP contribution in [0.25, 0.3) is 0 Å². The summed E-state index contributed by atoms with van der Waals surface area (Å²) in [4.78, 5) is 4.05. The van der Waals surface area contributed by atoms with Crippen LogP contribution in [0.1, 0.15) is 5.82 Å². The highest BCUT2D eigenvalue weighted by Gasteiger charge is 1.96. The number of nitrogens with one attached hydrogen (secondary N) is 1. The molecule has 10 heavy (non-hydrogen) atoms. The third-order valence-corrected chi connectivity index (χ3v) is 1.61. The molecule has 4 heteroatoms. The van der Waals surface area contributed by atoms with Gasteiger partial charge in [-0.2, -0.15) is 0 Å². The van der Waals surface area contributed by atoms with Crippen LogP contribution in [0.5, 0.6) is 0 Å². The number of rotatable bonds is 2. The van der Waals surface area contributed by atoms with Crippen molar-refractivity contribution < 1.29 is 0 Å². The average molecular weight is 153 g/mol. The van der Waals surface area contributed by atoms with Crippen LogP contribution < -0.4 is 0 Å². The van der Waals surface area contributed by atoms with Crippen LogP contribution in [-0.4, -0.2) is 20.9 Å². The predicted molar refractivity (Wildman–Crippen MR) is 40.7 cm³/mol. The second kappa shape index (κ2) is 3.28. The highest BCUT2D eigenvalue weighted by atomic mass is 32.2. The van der Waals surface area contributed by atoms with Crippen LogP contribution in [0.15, 0.2) is 5.16 Å². The normalized spacial score (nSPS) is 9.20. The first-order valence-electron chi connectivity index (χ1n) is 2.78. The Labute approximate surface area is 63.6 Å². The molecule has 0 fully saturated rings. The van der Waals surface area contributed by atoms with E-state index >= 15 is 0 Å². The van der Waals surface area contributed by atoms with Gasteiger partial charge in [-0.3, -0.25) is 5.10 Å². The van der Waals surface area contributed by atoms with E-state index < -0.39 is 0 Å². The second-order valence-corrected chi connectivity index (χ2v) is 2.64. The van der Waals surface area contributed by atoms with Gasteiger partial charge in [0.15, 0.2) is 0 Å². The van der Waals surface area contributed by atoms with Crippen molar-refractivity contribution in [2.75, 3.05) is 5.75 Å². The minimum atomic E-state index is 0.622. The maximum absolute atomic E-state index is 5.05. The van der Waals surface area contributed by atoms with Crippen LogP contribution in [0.4, 0.5) is 0 Å². The number of H-pyrrole nitrogens is 1.